The summed E-state index contributed by atoms with van der Waals surface area (Å²) in [4.78, 5) is 12.4. The summed E-state index contributed by atoms with van der Waals surface area (Å²) in [5.41, 5.74) is 7.51. The van der Waals surface area contributed by atoms with Crippen molar-refractivity contribution < 1.29 is 13.2 Å². The Hall–Kier alpha value is -2.38. The maximum Gasteiger partial charge on any atom is 0.261 e. The summed E-state index contributed by atoms with van der Waals surface area (Å²) in [6.07, 6.45) is 1.47. The van der Waals surface area contributed by atoms with E-state index in [4.69, 9.17) is 5.73 Å². The summed E-state index contributed by atoms with van der Waals surface area (Å²) in [5, 5.41) is 2.80. The van der Waals surface area contributed by atoms with Crippen LogP contribution in [0.1, 0.15) is 42.6 Å². The lowest BCUT2D eigenvalue weighted by atomic mass is 9.94. The maximum atomic E-state index is 12.6. The molecule has 2 aromatic carbocycles. The predicted octanol–water partition coefficient (Wildman–Crippen LogP) is 3.04. The third-order valence-corrected chi connectivity index (χ3v) is 6.10. The number of rotatable bonds is 8. The number of anilines is 1. The topological polar surface area (TPSA) is 101 Å². The van der Waals surface area contributed by atoms with Gasteiger partial charge in [-0.1, -0.05) is 37.6 Å². The lowest BCUT2D eigenvalue weighted by Crippen LogP contribution is -2.49. The smallest absolute Gasteiger partial charge is 0.261 e. The fraction of sp³-hybridized carbons (Fsp3) is 0.350. The summed E-state index contributed by atoms with van der Waals surface area (Å²) >= 11 is 0. The molecule has 0 aliphatic heterocycles. The average molecular weight is 390 g/mol. The van der Waals surface area contributed by atoms with E-state index in [0.29, 0.717) is 12.2 Å². The van der Waals surface area contributed by atoms with Gasteiger partial charge in [-0.25, -0.2) is 8.42 Å². The molecule has 6 nitrogen and oxygen atoms in total. The normalized spacial score (nSPS) is 11.9. The Morgan fingerprint density at radius 3 is 2.30 bits per heavy atom. The van der Waals surface area contributed by atoms with Crippen molar-refractivity contribution in [3.8, 4) is 0 Å². The van der Waals surface area contributed by atoms with E-state index in [1.807, 2.05) is 32.9 Å². The number of sulfonamides is 1. The van der Waals surface area contributed by atoms with Crippen molar-refractivity contribution >= 4 is 21.6 Å². The first-order chi connectivity index (χ1) is 12.7. The molecule has 0 fully saturated rings. The number of hydrogen-bond donors (Lipinski definition) is 3. The highest BCUT2D eigenvalue weighted by Gasteiger charge is 2.22. The van der Waals surface area contributed by atoms with Gasteiger partial charge in [-0.15, -0.1) is 0 Å². The summed E-state index contributed by atoms with van der Waals surface area (Å²) in [7, 11) is -3.79. The zero-order chi connectivity index (χ0) is 20.1. The SMILES string of the molecule is CCC(N)(CC)CNC(=O)c1cccc(S(=O)(=O)Nc2ccc(C)cc2)c1. The van der Waals surface area contributed by atoms with Gasteiger partial charge in [0.15, 0.2) is 0 Å². The number of carbonyl (C=O) groups is 1. The van der Waals surface area contributed by atoms with E-state index < -0.39 is 15.6 Å². The Balaban J connectivity index is 2.16. The molecule has 0 atom stereocenters. The number of amides is 1. The second kappa shape index (κ2) is 8.54. The minimum Gasteiger partial charge on any atom is -0.350 e. The highest BCUT2D eigenvalue weighted by atomic mass is 32.2. The standard InChI is InChI=1S/C20H27N3O3S/c1-4-20(21,5-2)14-22-19(24)16-7-6-8-18(13-16)27(25,26)23-17-11-9-15(3)10-12-17/h6-13,23H,4-5,14,21H2,1-3H3,(H,22,24). The van der Waals surface area contributed by atoms with E-state index in [2.05, 4.69) is 10.0 Å². The molecule has 146 valence electrons. The maximum absolute atomic E-state index is 12.6. The van der Waals surface area contributed by atoms with Crippen LogP contribution in [0.3, 0.4) is 0 Å². The van der Waals surface area contributed by atoms with Crippen molar-refractivity contribution in [1.82, 2.24) is 5.32 Å². The first-order valence-electron chi connectivity index (χ1n) is 8.96. The van der Waals surface area contributed by atoms with E-state index in [1.165, 1.54) is 12.1 Å². The van der Waals surface area contributed by atoms with Gasteiger partial charge in [0.2, 0.25) is 0 Å². The van der Waals surface area contributed by atoms with Gasteiger partial charge in [-0.2, -0.15) is 0 Å². The highest BCUT2D eigenvalue weighted by molar-refractivity contribution is 7.92. The molecule has 0 aromatic heterocycles. The minimum atomic E-state index is -3.79. The molecule has 0 saturated carbocycles. The van der Waals surface area contributed by atoms with Crippen LogP contribution in [-0.2, 0) is 10.0 Å². The van der Waals surface area contributed by atoms with Crippen LogP contribution in [0.4, 0.5) is 5.69 Å². The van der Waals surface area contributed by atoms with Crippen LogP contribution in [0.25, 0.3) is 0 Å². The van der Waals surface area contributed by atoms with Crippen molar-refractivity contribution in [2.45, 2.75) is 44.0 Å². The summed E-state index contributed by atoms with van der Waals surface area (Å²) in [6, 6.07) is 13.0. The molecule has 7 heteroatoms. The van der Waals surface area contributed by atoms with Crippen LogP contribution in [0.2, 0.25) is 0 Å². The number of hydrogen-bond acceptors (Lipinski definition) is 4. The third kappa shape index (κ3) is 5.55. The Labute approximate surface area is 161 Å². The molecule has 4 N–H and O–H groups in total. The molecule has 2 rings (SSSR count). The van der Waals surface area contributed by atoms with E-state index in [-0.39, 0.29) is 16.4 Å². The fourth-order valence-electron chi connectivity index (χ4n) is 2.50. The Bertz CT molecular complexity index is 889. The van der Waals surface area contributed by atoms with Gasteiger partial charge >= 0.3 is 0 Å². The van der Waals surface area contributed by atoms with Crippen LogP contribution in [0.15, 0.2) is 53.4 Å². The molecule has 0 aliphatic carbocycles. The molecule has 0 bridgehead atoms. The molecule has 1 amide bonds. The summed E-state index contributed by atoms with van der Waals surface area (Å²) < 4.78 is 27.7. The third-order valence-electron chi connectivity index (χ3n) is 4.72. The van der Waals surface area contributed by atoms with Gasteiger partial charge in [0.25, 0.3) is 15.9 Å². The monoisotopic (exact) mass is 389 g/mol. The quantitative estimate of drug-likeness (QED) is 0.646. The fourth-order valence-corrected chi connectivity index (χ4v) is 3.60. The first-order valence-corrected chi connectivity index (χ1v) is 10.4. The molecule has 27 heavy (non-hydrogen) atoms. The lowest BCUT2D eigenvalue weighted by molar-refractivity contribution is 0.0942. The number of benzene rings is 2. The predicted molar refractivity (Wildman–Crippen MR) is 108 cm³/mol. The molecule has 2 aromatic rings. The van der Waals surface area contributed by atoms with E-state index in [0.717, 1.165) is 18.4 Å². The molecule has 0 saturated heterocycles. The zero-order valence-electron chi connectivity index (χ0n) is 16.0. The van der Waals surface area contributed by atoms with Gasteiger partial charge in [0.05, 0.1) is 4.90 Å². The second-order valence-corrected chi connectivity index (χ2v) is 8.43. The Morgan fingerprint density at radius 1 is 1.07 bits per heavy atom. The molecular weight excluding hydrogens is 362 g/mol. The molecule has 0 heterocycles. The molecule has 0 aliphatic rings. The van der Waals surface area contributed by atoms with Crippen molar-refractivity contribution in [2.24, 2.45) is 5.73 Å². The number of aryl methyl sites for hydroxylation is 1. The van der Waals surface area contributed by atoms with Crippen molar-refractivity contribution in [1.29, 1.82) is 0 Å². The second-order valence-electron chi connectivity index (χ2n) is 6.75. The first kappa shape index (κ1) is 20.9. The van der Waals surface area contributed by atoms with E-state index >= 15 is 0 Å². The number of nitrogens with one attached hydrogen (secondary N) is 2. The van der Waals surface area contributed by atoms with Gasteiger partial charge in [-0.05, 0) is 50.1 Å². The van der Waals surface area contributed by atoms with Crippen LogP contribution in [-0.4, -0.2) is 26.4 Å². The van der Waals surface area contributed by atoms with Crippen molar-refractivity contribution in [2.75, 3.05) is 11.3 Å². The summed E-state index contributed by atoms with van der Waals surface area (Å²) in [6.45, 7) is 6.20. The largest absolute Gasteiger partial charge is 0.350 e. The van der Waals surface area contributed by atoms with Crippen molar-refractivity contribution in [3.05, 3.63) is 59.7 Å². The Morgan fingerprint density at radius 2 is 1.70 bits per heavy atom. The van der Waals surface area contributed by atoms with Crippen LogP contribution < -0.4 is 15.8 Å². The van der Waals surface area contributed by atoms with E-state index in [9.17, 15) is 13.2 Å². The van der Waals surface area contributed by atoms with Crippen LogP contribution in [0, 0.1) is 6.92 Å². The zero-order valence-corrected chi connectivity index (χ0v) is 16.8. The van der Waals surface area contributed by atoms with Crippen molar-refractivity contribution in [3.63, 3.8) is 0 Å². The number of nitrogens with two attached hydrogens (primary N) is 1. The average Bonchev–Trinajstić information content (AvgIpc) is 2.67. The molecule has 0 spiro atoms. The van der Waals surface area contributed by atoms with Gasteiger partial charge in [0.1, 0.15) is 0 Å². The highest BCUT2D eigenvalue weighted by Crippen LogP contribution is 2.18. The van der Waals surface area contributed by atoms with Gasteiger partial charge in [-0.3, -0.25) is 9.52 Å². The molecule has 0 radical (unpaired) electrons. The Kier molecular flexibility index (Phi) is 6.62. The van der Waals surface area contributed by atoms with Crippen LogP contribution >= 0.6 is 0 Å². The summed E-state index contributed by atoms with van der Waals surface area (Å²) in [5.74, 6) is -0.348. The molecular formula is C20H27N3O3S. The van der Waals surface area contributed by atoms with Gasteiger partial charge < -0.3 is 11.1 Å². The molecule has 0 unspecified atom stereocenters. The van der Waals surface area contributed by atoms with E-state index in [1.54, 1.807) is 24.3 Å². The number of carbonyl (C=O) groups excluding carboxylic acids is 1. The van der Waals surface area contributed by atoms with Gasteiger partial charge in [0, 0.05) is 23.3 Å². The minimum absolute atomic E-state index is 0.0284. The van der Waals surface area contributed by atoms with Crippen LogP contribution in [0.5, 0.6) is 0 Å². The lowest BCUT2D eigenvalue weighted by Gasteiger charge is -2.26.